The van der Waals surface area contributed by atoms with Crippen molar-refractivity contribution in [2.45, 2.75) is 38.3 Å². The highest BCUT2D eigenvalue weighted by Gasteiger charge is 2.35. The number of hydrogen-bond acceptors (Lipinski definition) is 2. The van der Waals surface area contributed by atoms with Crippen LogP contribution in [0.1, 0.15) is 37.8 Å². The van der Waals surface area contributed by atoms with Crippen LogP contribution in [0, 0.1) is 0 Å². The second-order valence-corrected chi connectivity index (χ2v) is 4.57. The molecule has 3 heteroatoms. The first-order chi connectivity index (χ1) is 8.24. The first-order valence-corrected chi connectivity index (χ1v) is 6.27. The number of likely N-dealkylation sites (tertiary alicyclic amines) is 1. The quantitative estimate of drug-likeness (QED) is 0.869. The number of rotatable bonds is 4. The summed E-state index contributed by atoms with van der Waals surface area (Å²) in [6.45, 7) is 3.01. The maximum Gasteiger partial charge on any atom is 0.320 e. The number of carboxylic acid groups (broad SMARTS) is 1. The van der Waals surface area contributed by atoms with Crippen molar-refractivity contribution in [1.29, 1.82) is 0 Å². The normalized spacial score (nSPS) is 22.5. The molecular formula is C14H19NO2. The molecule has 2 rings (SSSR count). The molecule has 1 N–H and O–H groups in total. The molecule has 0 aliphatic carbocycles. The smallest absolute Gasteiger partial charge is 0.320 e. The van der Waals surface area contributed by atoms with E-state index in [0.717, 1.165) is 25.8 Å². The van der Waals surface area contributed by atoms with Crippen LogP contribution in [0.2, 0.25) is 0 Å². The topological polar surface area (TPSA) is 40.5 Å². The van der Waals surface area contributed by atoms with Crippen LogP contribution < -0.4 is 0 Å². The second-order valence-electron chi connectivity index (χ2n) is 4.57. The van der Waals surface area contributed by atoms with Gasteiger partial charge in [-0.05, 0) is 31.4 Å². The minimum absolute atomic E-state index is 0.236. The lowest BCUT2D eigenvalue weighted by molar-refractivity contribution is -0.143. The summed E-state index contributed by atoms with van der Waals surface area (Å²) in [6.07, 6.45) is 2.72. The Labute approximate surface area is 102 Å². The maximum atomic E-state index is 11.2. The molecule has 92 valence electrons. The number of carboxylic acids is 1. The van der Waals surface area contributed by atoms with Crippen LogP contribution in [0.4, 0.5) is 0 Å². The molecule has 0 spiro atoms. The van der Waals surface area contributed by atoms with Crippen LogP contribution >= 0.6 is 0 Å². The van der Waals surface area contributed by atoms with Gasteiger partial charge in [0.1, 0.15) is 6.04 Å². The third-order valence-electron chi connectivity index (χ3n) is 3.55. The Morgan fingerprint density at radius 2 is 2.18 bits per heavy atom. The minimum atomic E-state index is -0.683. The molecule has 1 aromatic rings. The minimum Gasteiger partial charge on any atom is -0.480 e. The van der Waals surface area contributed by atoms with Crippen LogP contribution in [0.3, 0.4) is 0 Å². The predicted octanol–water partition coefficient (Wildman–Crippen LogP) is 2.69. The molecule has 2 atom stereocenters. The standard InChI is InChI=1S/C14H19NO2/c1-2-12(11-7-4-3-5-8-11)15-10-6-9-13(15)14(16)17/h3-5,7-8,12-13H,2,6,9-10H2,1H3,(H,16,17). The van der Waals surface area contributed by atoms with Gasteiger partial charge in [0.05, 0.1) is 0 Å². The van der Waals surface area contributed by atoms with E-state index in [9.17, 15) is 9.90 Å². The summed E-state index contributed by atoms with van der Waals surface area (Å²) >= 11 is 0. The molecule has 1 heterocycles. The predicted molar refractivity (Wildman–Crippen MR) is 66.8 cm³/mol. The SMILES string of the molecule is CCC(c1ccccc1)N1CCCC1C(=O)O. The van der Waals surface area contributed by atoms with Crippen molar-refractivity contribution in [3.8, 4) is 0 Å². The van der Waals surface area contributed by atoms with E-state index in [4.69, 9.17) is 0 Å². The van der Waals surface area contributed by atoms with Crippen LogP contribution in [-0.4, -0.2) is 28.6 Å². The van der Waals surface area contributed by atoms with Gasteiger partial charge >= 0.3 is 5.97 Å². The van der Waals surface area contributed by atoms with Crippen molar-refractivity contribution < 1.29 is 9.90 Å². The van der Waals surface area contributed by atoms with Gasteiger partial charge in [0.15, 0.2) is 0 Å². The lowest BCUT2D eigenvalue weighted by Gasteiger charge is -2.30. The molecule has 1 saturated heterocycles. The van der Waals surface area contributed by atoms with Crippen molar-refractivity contribution in [2.24, 2.45) is 0 Å². The molecule has 3 nitrogen and oxygen atoms in total. The van der Waals surface area contributed by atoms with Crippen LogP contribution in [-0.2, 0) is 4.79 Å². The van der Waals surface area contributed by atoms with E-state index in [-0.39, 0.29) is 12.1 Å². The monoisotopic (exact) mass is 233 g/mol. The van der Waals surface area contributed by atoms with E-state index >= 15 is 0 Å². The average Bonchev–Trinajstić information content (AvgIpc) is 2.81. The van der Waals surface area contributed by atoms with Crippen LogP contribution in [0.5, 0.6) is 0 Å². The van der Waals surface area contributed by atoms with Gasteiger partial charge in [0.25, 0.3) is 0 Å². The third kappa shape index (κ3) is 2.50. The lowest BCUT2D eigenvalue weighted by atomic mass is 10.0. The summed E-state index contributed by atoms with van der Waals surface area (Å²) < 4.78 is 0. The number of hydrogen-bond donors (Lipinski definition) is 1. The van der Waals surface area contributed by atoms with Gasteiger partial charge in [0.2, 0.25) is 0 Å². The summed E-state index contributed by atoms with van der Waals surface area (Å²) in [6, 6.07) is 10.1. The van der Waals surface area contributed by atoms with Crippen molar-refractivity contribution in [1.82, 2.24) is 4.90 Å². The Kier molecular flexibility index (Phi) is 3.79. The first-order valence-electron chi connectivity index (χ1n) is 6.27. The molecule has 1 aromatic carbocycles. The fourth-order valence-corrected chi connectivity index (χ4v) is 2.76. The van der Waals surface area contributed by atoms with E-state index in [1.807, 2.05) is 18.2 Å². The van der Waals surface area contributed by atoms with E-state index in [0.29, 0.717) is 0 Å². The molecule has 0 saturated carbocycles. The zero-order chi connectivity index (χ0) is 12.3. The summed E-state index contributed by atoms with van der Waals surface area (Å²) in [5.74, 6) is -0.683. The molecule has 0 aromatic heterocycles. The van der Waals surface area contributed by atoms with E-state index in [1.165, 1.54) is 5.56 Å². The Hall–Kier alpha value is -1.35. The summed E-state index contributed by atoms with van der Waals surface area (Å²) in [5, 5.41) is 9.23. The Bertz CT molecular complexity index is 377. The number of carbonyl (C=O) groups is 1. The lowest BCUT2D eigenvalue weighted by Crippen LogP contribution is -2.38. The van der Waals surface area contributed by atoms with E-state index < -0.39 is 5.97 Å². The van der Waals surface area contributed by atoms with Crippen molar-refractivity contribution in [2.75, 3.05) is 6.54 Å². The van der Waals surface area contributed by atoms with E-state index in [1.54, 1.807) is 0 Å². The summed E-state index contributed by atoms with van der Waals surface area (Å²) in [5.41, 5.74) is 1.23. The highest BCUT2D eigenvalue weighted by atomic mass is 16.4. The number of nitrogens with zero attached hydrogens (tertiary/aromatic N) is 1. The van der Waals surface area contributed by atoms with Crippen LogP contribution in [0.15, 0.2) is 30.3 Å². The molecule has 1 aliphatic rings. The number of aliphatic carboxylic acids is 1. The molecule has 0 radical (unpaired) electrons. The Balaban J connectivity index is 2.21. The van der Waals surface area contributed by atoms with Gasteiger partial charge in [-0.15, -0.1) is 0 Å². The molecule has 0 amide bonds. The fraction of sp³-hybridized carbons (Fsp3) is 0.500. The maximum absolute atomic E-state index is 11.2. The van der Waals surface area contributed by atoms with Crippen molar-refractivity contribution >= 4 is 5.97 Å². The summed E-state index contributed by atoms with van der Waals surface area (Å²) in [7, 11) is 0. The zero-order valence-corrected chi connectivity index (χ0v) is 10.2. The fourth-order valence-electron chi connectivity index (χ4n) is 2.76. The van der Waals surface area contributed by atoms with Gasteiger partial charge in [0, 0.05) is 6.04 Å². The Morgan fingerprint density at radius 1 is 1.47 bits per heavy atom. The second kappa shape index (κ2) is 5.32. The van der Waals surface area contributed by atoms with Crippen molar-refractivity contribution in [3.63, 3.8) is 0 Å². The van der Waals surface area contributed by atoms with Gasteiger partial charge in [-0.2, -0.15) is 0 Å². The largest absolute Gasteiger partial charge is 0.480 e. The molecule has 1 fully saturated rings. The van der Waals surface area contributed by atoms with Gasteiger partial charge in [-0.25, -0.2) is 0 Å². The molecule has 17 heavy (non-hydrogen) atoms. The van der Waals surface area contributed by atoms with Crippen LogP contribution in [0.25, 0.3) is 0 Å². The van der Waals surface area contributed by atoms with E-state index in [2.05, 4.69) is 24.0 Å². The average molecular weight is 233 g/mol. The highest BCUT2D eigenvalue weighted by molar-refractivity contribution is 5.73. The Morgan fingerprint density at radius 3 is 2.76 bits per heavy atom. The van der Waals surface area contributed by atoms with Gasteiger partial charge in [-0.3, -0.25) is 9.69 Å². The molecular weight excluding hydrogens is 214 g/mol. The molecule has 0 bridgehead atoms. The third-order valence-corrected chi connectivity index (χ3v) is 3.55. The van der Waals surface area contributed by atoms with Gasteiger partial charge in [-0.1, -0.05) is 37.3 Å². The van der Waals surface area contributed by atoms with Crippen molar-refractivity contribution in [3.05, 3.63) is 35.9 Å². The summed E-state index contributed by atoms with van der Waals surface area (Å²) in [4.78, 5) is 13.4. The zero-order valence-electron chi connectivity index (χ0n) is 10.2. The molecule has 1 aliphatic heterocycles. The highest BCUT2D eigenvalue weighted by Crippen LogP contribution is 2.31. The first kappa shape index (κ1) is 12.1. The number of benzene rings is 1. The van der Waals surface area contributed by atoms with Gasteiger partial charge < -0.3 is 5.11 Å². The molecule has 2 unspecified atom stereocenters.